The van der Waals surface area contributed by atoms with Gasteiger partial charge in [0.05, 0.1) is 6.04 Å². The van der Waals surface area contributed by atoms with E-state index in [0.717, 1.165) is 33.6 Å². The zero-order valence-electron chi connectivity index (χ0n) is 14.8. The molecule has 2 aliphatic rings. The van der Waals surface area contributed by atoms with Crippen LogP contribution in [0.2, 0.25) is 0 Å². The Labute approximate surface area is 168 Å². The van der Waals surface area contributed by atoms with Gasteiger partial charge < -0.3 is 9.15 Å². The Hall–Kier alpha value is -2.67. The standard InChI is InChI=1S/C21H15BrF2N2O2/c1-11-2-6-20(27-11)17-10-18-14-9-13(22)4-7-19(14)28-21(26(18)25-17)12-3-5-15(23)16(24)8-12/h2-9,18,21H,10H2,1H3/t18-,21+/m0/s1. The van der Waals surface area contributed by atoms with Gasteiger partial charge in [-0.25, -0.2) is 13.8 Å². The van der Waals surface area contributed by atoms with Crippen LogP contribution in [0.4, 0.5) is 8.78 Å². The van der Waals surface area contributed by atoms with E-state index < -0.39 is 17.9 Å². The average Bonchev–Trinajstić information content (AvgIpc) is 3.30. The summed E-state index contributed by atoms with van der Waals surface area (Å²) in [6.07, 6.45) is -0.0396. The van der Waals surface area contributed by atoms with E-state index in [-0.39, 0.29) is 6.04 Å². The minimum absolute atomic E-state index is 0.0974. The molecule has 0 saturated carbocycles. The molecule has 2 atom stereocenters. The molecular weight excluding hydrogens is 430 g/mol. The van der Waals surface area contributed by atoms with Crippen molar-refractivity contribution in [2.75, 3.05) is 0 Å². The molecule has 3 aromatic rings. The van der Waals surface area contributed by atoms with Gasteiger partial charge in [0.2, 0.25) is 6.23 Å². The number of benzene rings is 2. The Bertz CT molecular complexity index is 1110. The third-order valence-electron chi connectivity index (χ3n) is 5.01. The molecule has 0 unspecified atom stereocenters. The van der Waals surface area contributed by atoms with Gasteiger partial charge in [0, 0.05) is 22.0 Å². The molecule has 0 aliphatic carbocycles. The molecule has 4 nitrogen and oxygen atoms in total. The van der Waals surface area contributed by atoms with E-state index in [2.05, 4.69) is 15.9 Å². The molecule has 0 spiro atoms. The second kappa shape index (κ2) is 6.44. The van der Waals surface area contributed by atoms with Gasteiger partial charge in [-0.1, -0.05) is 22.0 Å². The Morgan fingerprint density at radius 1 is 1.07 bits per heavy atom. The molecule has 0 bridgehead atoms. The molecular formula is C21H15BrF2N2O2. The van der Waals surface area contributed by atoms with Crippen LogP contribution in [0.15, 0.2) is 62.5 Å². The van der Waals surface area contributed by atoms with Crippen LogP contribution < -0.4 is 4.74 Å². The summed E-state index contributed by atoms with van der Waals surface area (Å²) in [5.41, 5.74) is 2.27. The largest absolute Gasteiger partial charge is 0.464 e. The highest BCUT2D eigenvalue weighted by atomic mass is 79.9. The molecule has 0 radical (unpaired) electrons. The molecule has 3 heterocycles. The van der Waals surface area contributed by atoms with E-state index in [9.17, 15) is 8.78 Å². The molecule has 2 aromatic carbocycles. The van der Waals surface area contributed by atoms with Crippen LogP contribution in [-0.4, -0.2) is 10.7 Å². The number of fused-ring (bicyclic) bond motifs is 3. The van der Waals surface area contributed by atoms with E-state index in [0.29, 0.717) is 23.5 Å². The number of aryl methyl sites for hydroxylation is 1. The second-order valence-electron chi connectivity index (χ2n) is 6.88. The topological polar surface area (TPSA) is 38.0 Å². The number of rotatable bonds is 2. The predicted molar refractivity (Wildman–Crippen MR) is 103 cm³/mol. The number of hydrogen-bond donors (Lipinski definition) is 0. The minimum atomic E-state index is -0.913. The fourth-order valence-electron chi connectivity index (χ4n) is 3.68. The fraction of sp³-hybridized carbons (Fsp3) is 0.190. The van der Waals surface area contributed by atoms with Crippen LogP contribution in [-0.2, 0) is 0 Å². The lowest BCUT2D eigenvalue weighted by Crippen LogP contribution is -2.33. The summed E-state index contributed by atoms with van der Waals surface area (Å²) in [6.45, 7) is 1.88. The summed E-state index contributed by atoms with van der Waals surface area (Å²) in [5.74, 6) is 0.402. The van der Waals surface area contributed by atoms with Gasteiger partial charge in [-0.05, 0) is 49.4 Å². The number of ether oxygens (including phenoxy) is 1. The zero-order chi connectivity index (χ0) is 19.4. The van der Waals surface area contributed by atoms with Crippen molar-refractivity contribution in [1.82, 2.24) is 5.01 Å². The predicted octanol–water partition coefficient (Wildman–Crippen LogP) is 5.87. The number of furan rings is 1. The normalized spacial score (nSPS) is 20.4. The molecule has 0 amide bonds. The smallest absolute Gasteiger partial charge is 0.213 e. The van der Waals surface area contributed by atoms with Crippen molar-refractivity contribution in [2.24, 2.45) is 5.10 Å². The van der Waals surface area contributed by atoms with Crippen molar-refractivity contribution in [3.8, 4) is 5.75 Å². The summed E-state index contributed by atoms with van der Waals surface area (Å²) in [6, 6.07) is 13.2. The third-order valence-corrected chi connectivity index (χ3v) is 5.50. The summed E-state index contributed by atoms with van der Waals surface area (Å²) < 4.78 is 40.1. The molecule has 28 heavy (non-hydrogen) atoms. The highest BCUT2D eigenvalue weighted by molar-refractivity contribution is 9.10. The quantitative estimate of drug-likeness (QED) is 0.495. The first-order chi connectivity index (χ1) is 13.5. The van der Waals surface area contributed by atoms with Crippen molar-refractivity contribution in [2.45, 2.75) is 25.6 Å². The first-order valence-corrected chi connectivity index (χ1v) is 9.62. The van der Waals surface area contributed by atoms with Crippen LogP contribution in [0.25, 0.3) is 0 Å². The highest BCUT2D eigenvalue weighted by Crippen LogP contribution is 2.48. The van der Waals surface area contributed by atoms with Gasteiger partial charge in [0.25, 0.3) is 0 Å². The summed E-state index contributed by atoms with van der Waals surface area (Å²) in [5, 5.41) is 6.53. The van der Waals surface area contributed by atoms with Crippen molar-refractivity contribution >= 4 is 21.6 Å². The van der Waals surface area contributed by atoms with Crippen molar-refractivity contribution < 1.29 is 17.9 Å². The third kappa shape index (κ3) is 2.81. The molecule has 0 fully saturated rings. The molecule has 0 N–H and O–H groups in total. The van der Waals surface area contributed by atoms with Crippen LogP contribution >= 0.6 is 15.9 Å². The molecule has 5 rings (SSSR count). The van der Waals surface area contributed by atoms with Gasteiger partial charge in [-0.2, -0.15) is 5.10 Å². The maximum Gasteiger partial charge on any atom is 0.213 e. The van der Waals surface area contributed by atoms with Gasteiger partial charge >= 0.3 is 0 Å². The zero-order valence-corrected chi connectivity index (χ0v) is 16.4. The van der Waals surface area contributed by atoms with Gasteiger partial charge in [-0.3, -0.25) is 0 Å². The number of hydrogen-bond acceptors (Lipinski definition) is 4. The van der Waals surface area contributed by atoms with Crippen LogP contribution in [0.5, 0.6) is 5.75 Å². The molecule has 142 valence electrons. The lowest BCUT2D eigenvalue weighted by atomic mass is 9.97. The first kappa shape index (κ1) is 17.4. The molecule has 0 saturated heterocycles. The maximum absolute atomic E-state index is 13.9. The maximum atomic E-state index is 13.9. The molecule has 7 heteroatoms. The van der Waals surface area contributed by atoms with Crippen molar-refractivity contribution in [3.05, 3.63) is 87.3 Å². The average molecular weight is 445 g/mol. The number of nitrogens with zero attached hydrogens (tertiary/aromatic N) is 2. The second-order valence-corrected chi connectivity index (χ2v) is 7.80. The van der Waals surface area contributed by atoms with Gasteiger partial charge in [0.1, 0.15) is 23.0 Å². The SMILES string of the molecule is Cc1ccc(C2=NN3[C@@H](c4ccc(F)c(F)c4)Oc4ccc(Br)cc4[C@@H]3C2)o1. The Morgan fingerprint density at radius 2 is 1.93 bits per heavy atom. The van der Waals surface area contributed by atoms with Gasteiger partial charge in [0.15, 0.2) is 11.6 Å². The lowest BCUT2D eigenvalue weighted by Gasteiger charge is -2.38. The van der Waals surface area contributed by atoms with E-state index >= 15 is 0 Å². The van der Waals surface area contributed by atoms with Crippen molar-refractivity contribution in [3.63, 3.8) is 0 Å². The summed E-state index contributed by atoms with van der Waals surface area (Å²) in [4.78, 5) is 0. The first-order valence-electron chi connectivity index (χ1n) is 8.83. The van der Waals surface area contributed by atoms with Crippen LogP contribution in [0, 0.1) is 18.6 Å². The van der Waals surface area contributed by atoms with Gasteiger partial charge in [-0.15, -0.1) is 0 Å². The highest BCUT2D eigenvalue weighted by Gasteiger charge is 2.41. The van der Waals surface area contributed by atoms with E-state index in [1.807, 2.05) is 37.3 Å². The Kier molecular flexibility index (Phi) is 4.01. The summed E-state index contributed by atoms with van der Waals surface area (Å²) in [7, 11) is 0. The fourth-order valence-corrected chi connectivity index (χ4v) is 4.06. The number of halogens is 3. The Morgan fingerprint density at radius 3 is 2.68 bits per heavy atom. The van der Waals surface area contributed by atoms with E-state index in [4.69, 9.17) is 14.3 Å². The molecule has 2 aliphatic heterocycles. The Balaban J connectivity index is 1.62. The lowest BCUT2D eigenvalue weighted by molar-refractivity contribution is -0.0193. The minimum Gasteiger partial charge on any atom is -0.464 e. The van der Waals surface area contributed by atoms with E-state index in [1.165, 1.54) is 6.07 Å². The number of hydrazone groups is 1. The van der Waals surface area contributed by atoms with Crippen LogP contribution in [0.3, 0.4) is 0 Å². The monoisotopic (exact) mass is 444 g/mol. The summed E-state index contributed by atoms with van der Waals surface area (Å²) >= 11 is 3.51. The van der Waals surface area contributed by atoms with Crippen molar-refractivity contribution in [1.29, 1.82) is 0 Å². The van der Waals surface area contributed by atoms with E-state index in [1.54, 1.807) is 5.01 Å². The van der Waals surface area contributed by atoms with Crippen LogP contribution in [0.1, 0.15) is 41.3 Å². The molecule has 1 aromatic heterocycles.